The van der Waals surface area contributed by atoms with Crippen molar-refractivity contribution < 1.29 is 9.72 Å². The van der Waals surface area contributed by atoms with Crippen LogP contribution >= 0.6 is 0 Å². The molecule has 7 nitrogen and oxygen atoms in total. The molecule has 0 fully saturated rings. The van der Waals surface area contributed by atoms with Gasteiger partial charge in [0.05, 0.1) is 0 Å². The van der Waals surface area contributed by atoms with Crippen LogP contribution in [0, 0.1) is 10.1 Å². The van der Waals surface area contributed by atoms with Crippen LogP contribution in [0.5, 0.6) is 0 Å². The van der Waals surface area contributed by atoms with Crippen LogP contribution in [0.2, 0.25) is 0 Å². The third-order valence-corrected chi connectivity index (χ3v) is 3.49. The van der Waals surface area contributed by atoms with Gasteiger partial charge in [-0.25, -0.2) is 4.98 Å². The fourth-order valence-electron chi connectivity index (χ4n) is 2.23. The van der Waals surface area contributed by atoms with Crippen molar-refractivity contribution in [1.82, 2.24) is 15.3 Å². The Labute approximate surface area is 137 Å². The first-order chi connectivity index (χ1) is 11.6. The van der Waals surface area contributed by atoms with Gasteiger partial charge < -0.3 is 15.4 Å². The monoisotopic (exact) mass is 322 g/mol. The van der Waals surface area contributed by atoms with Gasteiger partial charge in [-0.1, -0.05) is 47.4 Å². The predicted molar refractivity (Wildman–Crippen MR) is 88.3 cm³/mol. The number of nitrogens with zero attached hydrogens (tertiary/aromatic N) is 2. The minimum Gasteiger partial charge on any atom is -0.390 e. The minimum absolute atomic E-state index is 0.135. The SMILES string of the molecule is O=C(NCc1ccc(-c2cnc([N+](=O)[O-])[nH]2)cc1)c1ccccc1. The molecule has 3 aromatic rings. The van der Waals surface area contributed by atoms with Gasteiger partial charge in [-0.3, -0.25) is 4.79 Å². The molecule has 1 heterocycles. The molecule has 2 aromatic carbocycles. The summed E-state index contributed by atoms with van der Waals surface area (Å²) in [6.07, 6.45) is 1.42. The molecule has 120 valence electrons. The number of carbonyl (C=O) groups excluding carboxylic acids is 1. The van der Waals surface area contributed by atoms with Crippen molar-refractivity contribution in [1.29, 1.82) is 0 Å². The molecule has 2 N–H and O–H groups in total. The number of H-pyrrole nitrogens is 1. The van der Waals surface area contributed by atoms with Gasteiger partial charge in [-0.2, -0.15) is 0 Å². The van der Waals surface area contributed by atoms with Crippen molar-refractivity contribution >= 4 is 11.9 Å². The molecule has 1 aromatic heterocycles. The van der Waals surface area contributed by atoms with Crippen LogP contribution in [0.3, 0.4) is 0 Å². The fraction of sp³-hybridized carbons (Fsp3) is 0.0588. The van der Waals surface area contributed by atoms with Crippen LogP contribution in [-0.2, 0) is 6.54 Å². The number of amides is 1. The highest BCUT2D eigenvalue weighted by Gasteiger charge is 2.12. The van der Waals surface area contributed by atoms with E-state index in [-0.39, 0.29) is 11.9 Å². The first kappa shape index (κ1) is 15.4. The zero-order chi connectivity index (χ0) is 16.9. The molecule has 7 heteroatoms. The van der Waals surface area contributed by atoms with E-state index >= 15 is 0 Å². The standard InChI is InChI=1S/C17H14N4O3/c22-16(14-4-2-1-3-5-14)18-10-12-6-8-13(9-7-12)15-11-19-17(20-15)21(23)24/h1-9,11H,10H2,(H,18,22)(H,19,20). The van der Waals surface area contributed by atoms with Crippen molar-refractivity contribution in [3.63, 3.8) is 0 Å². The van der Waals surface area contributed by atoms with E-state index in [4.69, 9.17) is 0 Å². The summed E-state index contributed by atoms with van der Waals surface area (Å²) in [5.41, 5.74) is 2.89. The molecule has 0 spiro atoms. The van der Waals surface area contributed by atoms with Crippen LogP contribution in [0.1, 0.15) is 15.9 Å². The molecule has 0 bridgehead atoms. The van der Waals surface area contributed by atoms with E-state index in [1.54, 1.807) is 12.1 Å². The van der Waals surface area contributed by atoms with Gasteiger partial charge in [0.25, 0.3) is 5.91 Å². The normalized spacial score (nSPS) is 10.3. The Morgan fingerprint density at radius 3 is 2.46 bits per heavy atom. The van der Waals surface area contributed by atoms with Crippen LogP contribution in [0.25, 0.3) is 11.3 Å². The highest BCUT2D eigenvalue weighted by atomic mass is 16.6. The van der Waals surface area contributed by atoms with Gasteiger partial charge in [-0.15, -0.1) is 0 Å². The molecule has 0 saturated carbocycles. The average Bonchev–Trinajstić information content (AvgIpc) is 3.11. The van der Waals surface area contributed by atoms with Crippen molar-refractivity contribution in [3.05, 3.63) is 82.0 Å². The number of nitro groups is 1. The van der Waals surface area contributed by atoms with Crippen molar-refractivity contribution in [3.8, 4) is 11.3 Å². The third-order valence-electron chi connectivity index (χ3n) is 3.49. The first-order valence-electron chi connectivity index (χ1n) is 7.25. The second-order valence-electron chi connectivity index (χ2n) is 5.12. The van der Waals surface area contributed by atoms with E-state index in [9.17, 15) is 14.9 Å². The van der Waals surface area contributed by atoms with Crippen LogP contribution < -0.4 is 5.32 Å². The Hall–Kier alpha value is -3.48. The zero-order valence-corrected chi connectivity index (χ0v) is 12.6. The number of carbonyl (C=O) groups is 1. The highest BCUT2D eigenvalue weighted by Crippen LogP contribution is 2.19. The minimum atomic E-state index is -0.572. The van der Waals surface area contributed by atoms with E-state index in [1.807, 2.05) is 42.5 Å². The summed E-state index contributed by atoms with van der Waals surface area (Å²) in [4.78, 5) is 28.4. The largest absolute Gasteiger partial charge is 0.432 e. The van der Waals surface area contributed by atoms with Gasteiger partial charge in [0.1, 0.15) is 11.9 Å². The van der Waals surface area contributed by atoms with Crippen LogP contribution in [0.15, 0.2) is 60.8 Å². The highest BCUT2D eigenvalue weighted by molar-refractivity contribution is 5.94. The molecule has 0 unspecified atom stereocenters. The molecule has 0 aliphatic heterocycles. The smallest absolute Gasteiger partial charge is 0.390 e. The van der Waals surface area contributed by atoms with Gasteiger partial charge in [-0.05, 0) is 22.6 Å². The number of rotatable bonds is 5. The summed E-state index contributed by atoms with van der Waals surface area (Å²) < 4.78 is 0. The number of hydrogen-bond acceptors (Lipinski definition) is 4. The summed E-state index contributed by atoms with van der Waals surface area (Å²) in [6, 6.07) is 16.3. The lowest BCUT2D eigenvalue weighted by atomic mass is 10.1. The molecule has 0 saturated heterocycles. The molecule has 3 rings (SSSR count). The third kappa shape index (κ3) is 3.46. The van der Waals surface area contributed by atoms with Crippen LogP contribution in [0.4, 0.5) is 5.95 Å². The maximum absolute atomic E-state index is 12.0. The number of aromatic amines is 1. The molecule has 1 amide bonds. The Morgan fingerprint density at radius 2 is 1.83 bits per heavy atom. The second-order valence-corrected chi connectivity index (χ2v) is 5.12. The summed E-state index contributed by atoms with van der Waals surface area (Å²) in [5, 5.41) is 13.5. The van der Waals surface area contributed by atoms with Gasteiger partial charge in [0, 0.05) is 17.7 Å². The van der Waals surface area contributed by atoms with E-state index < -0.39 is 4.92 Å². The quantitative estimate of drug-likeness (QED) is 0.557. The van der Waals surface area contributed by atoms with Crippen molar-refractivity contribution in [2.75, 3.05) is 0 Å². The Balaban J connectivity index is 1.64. The van der Waals surface area contributed by atoms with E-state index in [0.29, 0.717) is 17.8 Å². The second kappa shape index (κ2) is 6.74. The summed E-state index contributed by atoms with van der Waals surface area (Å²) in [5.74, 6) is -0.423. The molecule has 0 atom stereocenters. The molecular formula is C17H14N4O3. The molecule has 24 heavy (non-hydrogen) atoms. The number of imidazole rings is 1. The molecular weight excluding hydrogens is 308 g/mol. The number of hydrogen-bond donors (Lipinski definition) is 2. The van der Waals surface area contributed by atoms with Crippen molar-refractivity contribution in [2.45, 2.75) is 6.54 Å². The van der Waals surface area contributed by atoms with Gasteiger partial charge in [0.2, 0.25) is 0 Å². The lowest BCUT2D eigenvalue weighted by Gasteiger charge is -2.06. The Kier molecular flexibility index (Phi) is 4.33. The molecule has 0 aliphatic carbocycles. The Morgan fingerprint density at radius 1 is 1.12 bits per heavy atom. The van der Waals surface area contributed by atoms with E-state index in [2.05, 4.69) is 15.3 Å². The number of benzene rings is 2. The van der Waals surface area contributed by atoms with E-state index in [0.717, 1.165) is 11.1 Å². The van der Waals surface area contributed by atoms with Crippen molar-refractivity contribution in [2.24, 2.45) is 0 Å². The molecule has 0 radical (unpaired) electrons. The number of nitrogens with one attached hydrogen (secondary N) is 2. The predicted octanol–water partition coefficient (Wildman–Crippen LogP) is 2.91. The average molecular weight is 322 g/mol. The van der Waals surface area contributed by atoms with Gasteiger partial charge >= 0.3 is 5.95 Å². The lowest BCUT2D eigenvalue weighted by Crippen LogP contribution is -2.22. The maximum Gasteiger partial charge on any atom is 0.432 e. The maximum atomic E-state index is 12.0. The zero-order valence-electron chi connectivity index (χ0n) is 12.6. The lowest BCUT2D eigenvalue weighted by molar-refractivity contribution is -0.393. The van der Waals surface area contributed by atoms with E-state index in [1.165, 1.54) is 6.20 Å². The van der Waals surface area contributed by atoms with Gasteiger partial charge in [0.15, 0.2) is 0 Å². The summed E-state index contributed by atoms with van der Waals surface area (Å²) in [6.45, 7) is 0.400. The van der Waals surface area contributed by atoms with Crippen LogP contribution in [-0.4, -0.2) is 20.8 Å². The topological polar surface area (TPSA) is 101 Å². The first-order valence-corrected chi connectivity index (χ1v) is 7.25. The summed E-state index contributed by atoms with van der Waals surface area (Å²) >= 11 is 0. The Bertz CT molecular complexity index is 857. The fourth-order valence-corrected chi connectivity index (χ4v) is 2.23. The molecule has 0 aliphatic rings. The number of aromatic nitrogens is 2. The summed E-state index contributed by atoms with van der Waals surface area (Å²) in [7, 11) is 0.